The van der Waals surface area contributed by atoms with E-state index >= 15 is 0 Å². The molecule has 3 aromatic rings. The number of nitrogens with one attached hydrogen (secondary N) is 2. The van der Waals surface area contributed by atoms with Crippen LogP contribution in [0.1, 0.15) is 26.4 Å². The molecule has 0 aliphatic heterocycles. The van der Waals surface area contributed by atoms with E-state index in [4.69, 9.17) is 0 Å². The van der Waals surface area contributed by atoms with Crippen LogP contribution in [0.3, 0.4) is 0 Å². The fourth-order valence-corrected chi connectivity index (χ4v) is 3.23. The fourth-order valence-electron chi connectivity index (χ4n) is 2.57. The van der Waals surface area contributed by atoms with Crippen LogP contribution in [-0.4, -0.2) is 11.8 Å². The molecular weight excluding hydrogens is 375 g/mol. The number of hydrogen-bond acceptors (Lipinski definition) is 3. The molecule has 2 aromatic carbocycles. The van der Waals surface area contributed by atoms with Crippen LogP contribution in [0.5, 0.6) is 0 Å². The zero-order valence-electron chi connectivity index (χ0n) is 15.2. The summed E-state index contributed by atoms with van der Waals surface area (Å²) in [6.45, 7) is 2.06. The average molecular weight is 394 g/mol. The van der Waals surface area contributed by atoms with Crippen LogP contribution in [0.2, 0.25) is 0 Å². The second kappa shape index (κ2) is 9.10. The van der Waals surface area contributed by atoms with E-state index in [1.165, 1.54) is 23.5 Å². The van der Waals surface area contributed by atoms with Crippen LogP contribution in [0.25, 0.3) is 6.08 Å². The molecule has 0 bridgehead atoms. The molecular formula is C22H19FN2O2S. The molecule has 0 unspecified atom stereocenters. The Balaban J connectivity index is 1.77. The molecule has 1 heterocycles. The second-order valence-electron chi connectivity index (χ2n) is 6.15. The van der Waals surface area contributed by atoms with Gasteiger partial charge in [0.2, 0.25) is 0 Å². The quantitative estimate of drug-likeness (QED) is 0.613. The van der Waals surface area contributed by atoms with Gasteiger partial charge in [0.25, 0.3) is 11.8 Å². The van der Waals surface area contributed by atoms with Gasteiger partial charge in [-0.1, -0.05) is 36.4 Å². The number of halogens is 1. The minimum atomic E-state index is -0.417. The molecule has 1 aromatic heterocycles. The van der Waals surface area contributed by atoms with Gasteiger partial charge in [0.15, 0.2) is 0 Å². The van der Waals surface area contributed by atoms with Gasteiger partial charge in [-0.05, 0) is 53.8 Å². The summed E-state index contributed by atoms with van der Waals surface area (Å²) in [4.78, 5) is 26.2. The molecule has 0 spiro atoms. The summed E-state index contributed by atoms with van der Waals surface area (Å²) in [7, 11) is 0. The normalized spacial score (nSPS) is 11.1. The van der Waals surface area contributed by atoms with Crippen LogP contribution in [0.4, 0.5) is 4.39 Å². The molecule has 2 amide bonds. The van der Waals surface area contributed by atoms with E-state index in [-0.39, 0.29) is 24.0 Å². The van der Waals surface area contributed by atoms with Gasteiger partial charge in [-0.2, -0.15) is 0 Å². The molecule has 0 saturated heterocycles. The zero-order valence-corrected chi connectivity index (χ0v) is 16.1. The van der Waals surface area contributed by atoms with Gasteiger partial charge in [0.1, 0.15) is 11.5 Å². The lowest BCUT2D eigenvalue weighted by atomic mass is 10.1. The third-order valence-electron chi connectivity index (χ3n) is 4.08. The first kappa shape index (κ1) is 19.5. The Labute approximate surface area is 166 Å². The van der Waals surface area contributed by atoms with Crippen molar-refractivity contribution < 1.29 is 14.0 Å². The van der Waals surface area contributed by atoms with E-state index in [1.807, 2.05) is 36.6 Å². The highest BCUT2D eigenvalue weighted by atomic mass is 32.1. The minimum absolute atomic E-state index is 0.151. The molecule has 4 nitrogen and oxygen atoms in total. The van der Waals surface area contributed by atoms with Crippen LogP contribution in [-0.2, 0) is 11.3 Å². The highest BCUT2D eigenvalue weighted by molar-refractivity contribution is 7.10. The fraction of sp³-hybridized carbons (Fsp3) is 0.0909. The van der Waals surface area contributed by atoms with Crippen LogP contribution >= 0.6 is 11.3 Å². The highest BCUT2D eigenvalue weighted by Gasteiger charge is 2.16. The van der Waals surface area contributed by atoms with Gasteiger partial charge in [-0.15, -0.1) is 11.3 Å². The third-order valence-corrected chi connectivity index (χ3v) is 4.90. The van der Waals surface area contributed by atoms with Gasteiger partial charge in [0.05, 0.1) is 0 Å². The molecule has 142 valence electrons. The summed E-state index contributed by atoms with van der Waals surface area (Å²) in [5, 5.41) is 7.37. The maximum Gasteiger partial charge on any atom is 0.268 e. The molecule has 0 aliphatic carbocycles. The lowest BCUT2D eigenvalue weighted by molar-refractivity contribution is -0.117. The van der Waals surface area contributed by atoms with E-state index in [2.05, 4.69) is 10.6 Å². The Morgan fingerprint density at radius 2 is 1.79 bits per heavy atom. The zero-order chi connectivity index (χ0) is 19.9. The maximum atomic E-state index is 13.0. The molecule has 0 fully saturated rings. The van der Waals surface area contributed by atoms with Crippen molar-refractivity contribution in [3.05, 3.63) is 99.1 Å². The second-order valence-corrected chi connectivity index (χ2v) is 7.13. The molecule has 3 rings (SSSR count). The van der Waals surface area contributed by atoms with Gasteiger partial charge in [-0.3, -0.25) is 9.59 Å². The van der Waals surface area contributed by atoms with Gasteiger partial charge >= 0.3 is 0 Å². The lowest BCUT2D eigenvalue weighted by Gasteiger charge is -2.12. The molecule has 0 atom stereocenters. The topological polar surface area (TPSA) is 58.2 Å². The molecule has 0 saturated carbocycles. The first-order valence-corrected chi connectivity index (χ1v) is 9.56. The Morgan fingerprint density at radius 1 is 1.04 bits per heavy atom. The smallest absolute Gasteiger partial charge is 0.268 e. The standard InChI is InChI=1S/C22H19FN2O2S/c1-15-5-2-3-7-19(15)21(26)25-20(13-18-6-4-12-28-18)22(27)24-14-16-8-10-17(23)11-9-16/h2-13H,14H2,1H3,(H,24,27)(H,25,26)/b20-13-. The largest absolute Gasteiger partial charge is 0.347 e. The van der Waals surface area contributed by atoms with Crippen molar-refractivity contribution in [2.24, 2.45) is 0 Å². The number of carbonyl (C=O) groups is 2. The van der Waals surface area contributed by atoms with Crippen molar-refractivity contribution in [1.82, 2.24) is 10.6 Å². The number of rotatable bonds is 6. The summed E-state index contributed by atoms with van der Waals surface area (Å²) >= 11 is 1.46. The number of thiophene rings is 1. The van der Waals surface area contributed by atoms with Crippen LogP contribution in [0.15, 0.2) is 71.7 Å². The van der Waals surface area contributed by atoms with Crippen molar-refractivity contribution in [3.63, 3.8) is 0 Å². The van der Waals surface area contributed by atoms with Crippen LogP contribution in [0, 0.1) is 12.7 Å². The van der Waals surface area contributed by atoms with Crippen LogP contribution < -0.4 is 10.6 Å². The Hall–Kier alpha value is -3.25. The van der Waals surface area contributed by atoms with E-state index in [1.54, 1.807) is 30.3 Å². The first-order chi connectivity index (χ1) is 13.5. The van der Waals surface area contributed by atoms with Gasteiger partial charge in [0, 0.05) is 17.0 Å². The SMILES string of the molecule is Cc1ccccc1C(=O)N/C(=C\c1cccs1)C(=O)NCc1ccc(F)cc1. The molecule has 6 heteroatoms. The predicted molar refractivity (Wildman–Crippen MR) is 109 cm³/mol. The number of aryl methyl sites for hydroxylation is 1. The van der Waals surface area contributed by atoms with E-state index in [0.29, 0.717) is 5.56 Å². The number of benzene rings is 2. The monoisotopic (exact) mass is 394 g/mol. The number of amides is 2. The number of carbonyl (C=O) groups excluding carboxylic acids is 2. The average Bonchev–Trinajstić information content (AvgIpc) is 3.20. The van der Waals surface area contributed by atoms with Crippen molar-refractivity contribution >= 4 is 29.2 Å². The molecule has 2 N–H and O–H groups in total. The first-order valence-electron chi connectivity index (χ1n) is 8.68. The highest BCUT2D eigenvalue weighted by Crippen LogP contribution is 2.14. The van der Waals surface area contributed by atoms with Gasteiger partial charge < -0.3 is 10.6 Å². The molecule has 0 aliphatic rings. The maximum absolute atomic E-state index is 13.0. The lowest BCUT2D eigenvalue weighted by Crippen LogP contribution is -2.34. The summed E-state index contributed by atoms with van der Waals surface area (Å²) in [5.74, 6) is -1.10. The summed E-state index contributed by atoms with van der Waals surface area (Å²) in [6, 6.07) is 16.8. The molecule has 0 radical (unpaired) electrons. The van der Waals surface area contributed by atoms with E-state index in [0.717, 1.165) is 16.0 Å². The van der Waals surface area contributed by atoms with Crippen molar-refractivity contribution in [1.29, 1.82) is 0 Å². The van der Waals surface area contributed by atoms with Gasteiger partial charge in [-0.25, -0.2) is 4.39 Å². The van der Waals surface area contributed by atoms with E-state index in [9.17, 15) is 14.0 Å². The Bertz CT molecular complexity index is 996. The third kappa shape index (κ3) is 5.14. The Kier molecular flexibility index (Phi) is 6.34. The van der Waals surface area contributed by atoms with E-state index < -0.39 is 5.91 Å². The molecule has 28 heavy (non-hydrogen) atoms. The number of hydrogen-bond donors (Lipinski definition) is 2. The van der Waals surface area contributed by atoms with Crippen molar-refractivity contribution in [2.45, 2.75) is 13.5 Å². The summed E-state index contributed by atoms with van der Waals surface area (Å²) < 4.78 is 13.0. The van der Waals surface area contributed by atoms with Crippen molar-refractivity contribution in [2.75, 3.05) is 0 Å². The Morgan fingerprint density at radius 3 is 2.46 bits per heavy atom. The van der Waals surface area contributed by atoms with Crippen molar-refractivity contribution in [3.8, 4) is 0 Å². The predicted octanol–water partition coefficient (Wildman–Crippen LogP) is 4.28. The summed E-state index contributed by atoms with van der Waals surface area (Å²) in [6.07, 6.45) is 1.64. The summed E-state index contributed by atoms with van der Waals surface area (Å²) in [5.41, 5.74) is 2.24. The minimum Gasteiger partial charge on any atom is -0.347 e.